The molecule has 112 valence electrons. The van der Waals surface area contributed by atoms with Gasteiger partial charge in [-0.3, -0.25) is 15.0 Å². The SMILES string of the molecule is O=C(O)c1cc([N+](=O)[O-])ccc1NC1CCN2CCCC12. The highest BCUT2D eigenvalue weighted by Gasteiger charge is 2.37. The first-order chi connectivity index (χ1) is 10.1. The number of aromatic carboxylic acids is 1. The Balaban J connectivity index is 1.84. The standard InChI is InChI=1S/C14H17N3O4/c18-14(19)10-8-9(17(20)21)3-4-11(10)15-12-5-7-16-6-1-2-13(12)16/h3-4,8,12-13,15H,1-2,5-7H2,(H,18,19). The lowest BCUT2D eigenvalue weighted by atomic mass is 10.0. The van der Waals surface area contributed by atoms with Crippen molar-refractivity contribution in [1.82, 2.24) is 4.90 Å². The molecule has 2 unspecified atom stereocenters. The van der Waals surface area contributed by atoms with Crippen LogP contribution < -0.4 is 5.32 Å². The second kappa shape index (κ2) is 5.33. The number of benzene rings is 1. The van der Waals surface area contributed by atoms with Crippen LogP contribution in [0.4, 0.5) is 11.4 Å². The zero-order valence-corrected chi connectivity index (χ0v) is 11.5. The van der Waals surface area contributed by atoms with Crippen molar-refractivity contribution in [3.63, 3.8) is 0 Å². The molecule has 2 heterocycles. The topological polar surface area (TPSA) is 95.7 Å². The Morgan fingerprint density at radius 1 is 1.38 bits per heavy atom. The summed E-state index contributed by atoms with van der Waals surface area (Å²) in [6.45, 7) is 2.13. The zero-order valence-electron chi connectivity index (χ0n) is 11.5. The number of anilines is 1. The Labute approximate surface area is 121 Å². The van der Waals surface area contributed by atoms with Gasteiger partial charge in [0.25, 0.3) is 5.69 Å². The fourth-order valence-corrected chi connectivity index (χ4v) is 3.40. The molecule has 7 nitrogen and oxygen atoms in total. The van der Waals surface area contributed by atoms with Gasteiger partial charge in [-0.25, -0.2) is 4.79 Å². The zero-order chi connectivity index (χ0) is 15.0. The van der Waals surface area contributed by atoms with Crippen LogP contribution in [0.5, 0.6) is 0 Å². The minimum absolute atomic E-state index is 0.0411. The Hall–Kier alpha value is -2.15. The molecule has 0 saturated carbocycles. The molecule has 0 spiro atoms. The molecule has 2 aliphatic heterocycles. The molecule has 2 atom stereocenters. The van der Waals surface area contributed by atoms with Gasteiger partial charge in [0, 0.05) is 36.4 Å². The molecule has 2 N–H and O–H groups in total. The number of carbonyl (C=O) groups is 1. The number of non-ortho nitro benzene ring substituents is 1. The number of carboxylic acid groups (broad SMARTS) is 1. The number of fused-ring (bicyclic) bond motifs is 1. The van der Waals surface area contributed by atoms with Crippen LogP contribution >= 0.6 is 0 Å². The molecule has 1 aromatic carbocycles. The second-order valence-electron chi connectivity index (χ2n) is 5.58. The smallest absolute Gasteiger partial charge is 0.338 e. The number of nitrogens with zero attached hydrogens (tertiary/aromatic N) is 2. The molecule has 0 amide bonds. The molecular weight excluding hydrogens is 274 g/mol. The van der Waals surface area contributed by atoms with Crippen molar-refractivity contribution in [3.05, 3.63) is 33.9 Å². The van der Waals surface area contributed by atoms with E-state index < -0.39 is 10.9 Å². The maximum absolute atomic E-state index is 11.3. The summed E-state index contributed by atoms with van der Waals surface area (Å²) in [5, 5.41) is 23.3. The van der Waals surface area contributed by atoms with Crippen molar-refractivity contribution in [3.8, 4) is 0 Å². The largest absolute Gasteiger partial charge is 0.478 e. The van der Waals surface area contributed by atoms with Gasteiger partial charge >= 0.3 is 5.97 Å². The quantitative estimate of drug-likeness (QED) is 0.650. The van der Waals surface area contributed by atoms with E-state index in [1.807, 2.05) is 0 Å². The molecule has 0 aliphatic carbocycles. The third kappa shape index (κ3) is 2.56. The van der Waals surface area contributed by atoms with E-state index in [1.54, 1.807) is 0 Å². The van der Waals surface area contributed by atoms with Gasteiger partial charge in [0.05, 0.1) is 10.5 Å². The summed E-state index contributed by atoms with van der Waals surface area (Å²) in [7, 11) is 0. The van der Waals surface area contributed by atoms with Crippen molar-refractivity contribution >= 4 is 17.3 Å². The molecule has 0 aromatic heterocycles. The van der Waals surface area contributed by atoms with Gasteiger partial charge < -0.3 is 10.4 Å². The van der Waals surface area contributed by atoms with Crippen LogP contribution in [0.3, 0.4) is 0 Å². The van der Waals surface area contributed by atoms with Gasteiger partial charge in [0.15, 0.2) is 0 Å². The molecule has 7 heteroatoms. The van der Waals surface area contributed by atoms with E-state index in [9.17, 15) is 20.0 Å². The summed E-state index contributed by atoms with van der Waals surface area (Å²) in [5.41, 5.74) is 0.222. The van der Waals surface area contributed by atoms with E-state index in [-0.39, 0.29) is 17.3 Å². The molecule has 2 fully saturated rings. The van der Waals surface area contributed by atoms with Gasteiger partial charge in [0.1, 0.15) is 0 Å². The summed E-state index contributed by atoms with van der Waals surface area (Å²) < 4.78 is 0. The average Bonchev–Trinajstić information content (AvgIpc) is 3.03. The van der Waals surface area contributed by atoms with Crippen LogP contribution in [0, 0.1) is 10.1 Å². The van der Waals surface area contributed by atoms with Crippen LogP contribution in [0.2, 0.25) is 0 Å². The van der Waals surface area contributed by atoms with Crippen LogP contribution in [-0.4, -0.2) is 46.1 Å². The molecule has 21 heavy (non-hydrogen) atoms. The van der Waals surface area contributed by atoms with Crippen molar-refractivity contribution in [2.45, 2.75) is 31.3 Å². The van der Waals surface area contributed by atoms with Gasteiger partial charge in [-0.05, 0) is 31.9 Å². The lowest BCUT2D eigenvalue weighted by Gasteiger charge is -2.23. The molecule has 0 radical (unpaired) electrons. The Kier molecular flexibility index (Phi) is 3.50. The second-order valence-corrected chi connectivity index (χ2v) is 5.58. The van der Waals surface area contributed by atoms with E-state index in [0.717, 1.165) is 32.0 Å². The minimum Gasteiger partial charge on any atom is -0.478 e. The Morgan fingerprint density at radius 2 is 2.19 bits per heavy atom. The fraction of sp³-hybridized carbons (Fsp3) is 0.500. The van der Waals surface area contributed by atoms with Crippen molar-refractivity contribution in [2.24, 2.45) is 0 Å². The normalized spacial score (nSPS) is 24.8. The monoisotopic (exact) mass is 291 g/mol. The third-order valence-corrected chi connectivity index (χ3v) is 4.39. The number of rotatable bonds is 4. The van der Waals surface area contributed by atoms with Gasteiger partial charge in [-0.1, -0.05) is 0 Å². The number of hydrogen-bond acceptors (Lipinski definition) is 5. The molecular formula is C14H17N3O4. The predicted molar refractivity (Wildman–Crippen MR) is 76.7 cm³/mol. The van der Waals surface area contributed by atoms with E-state index in [2.05, 4.69) is 10.2 Å². The highest BCUT2D eigenvalue weighted by molar-refractivity contribution is 5.95. The van der Waals surface area contributed by atoms with Crippen LogP contribution in [0.1, 0.15) is 29.6 Å². The van der Waals surface area contributed by atoms with Crippen LogP contribution in [0.15, 0.2) is 18.2 Å². The van der Waals surface area contributed by atoms with Crippen molar-refractivity contribution in [1.29, 1.82) is 0 Å². The molecule has 2 aliphatic rings. The first-order valence-corrected chi connectivity index (χ1v) is 7.08. The summed E-state index contributed by atoms with van der Waals surface area (Å²) in [6, 6.07) is 4.62. The van der Waals surface area contributed by atoms with E-state index >= 15 is 0 Å². The minimum atomic E-state index is -1.15. The van der Waals surface area contributed by atoms with Gasteiger partial charge in [0.2, 0.25) is 0 Å². The van der Waals surface area contributed by atoms with Crippen molar-refractivity contribution < 1.29 is 14.8 Å². The fourth-order valence-electron chi connectivity index (χ4n) is 3.40. The summed E-state index contributed by atoms with van der Waals surface area (Å²) in [6.07, 6.45) is 3.27. The lowest BCUT2D eigenvalue weighted by Crippen LogP contribution is -2.34. The highest BCUT2D eigenvalue weighted by Crippen LogP contribution is 2.31. The van der Waals surface area contributed by atoms with Gasteiger partial charge in [-0.15, -0.1) is 0 Å². The first-order valence-electron chi connectivity index (χ1n) is 7.08. The van der Waals surface area contributed by atoms with Crippen molar-refractivity contribution in [2.75, 3.05) is 18.4 Å². The van der Waals surface area contributed by atoms with E-state index in [1.165, 1.54) is 18.6 Å². The number of nitro benzene ring substituents is 1. The predicted octanol–water partition coefficient (Wildman–Crippen LogP) is 1.94. The summed E-state index contributed by atoms with van der Waals surface area (Å²) in [4.78, 5) is 23.9. The molecule has 0 bridgehead atoms. The maximum Gasteiger partial charge on any atom is 0.338 e. The lowest BCUT2D eigenvalue weighted by molar-refractivity contribution is -0.384. The Bertz CT molecular complexity index is 590. The maximum atomic E-state index is 11.3. The average molecular weight is 291 g/mol. The number of nitro groups is 1. The summed E-state index contributed by atoms with van der Waals surface area (Å²) in [5.74, 6) is -1.15. The Morgan fingerprint density at radius 3 is 2.90 bits per heavy atom. The molecule has 2 saturated heterocycles. The van der Waals surface area contributed by atoms with Crippen LogP contribution in [-0.2, 0) is 0 Å². The van der Waals surface area contributed by atoms with E-state index in [0.29, 0.717) is 11.7 Å². The van der Waals surface area contributed by atoms with E-state index in [4.69, 9.17) is 0 Å². The molecule has 3 rings (SSSR count). The highest BCUT2D eigenvalue weighted by atomic mass is 16.6. The number of carboxylic acids is 1. The van der Waals surface area contributed by atoms with Gasteiger partial charge in [-0.2, -0.15) is 0 Å². The molecule has 1 aromatic rings. The summed E-state index contributed by atoms with van der Waals surface area (Å²) >= 11 is 0. The number of hydrogen-bond donors (Lipinski definition) is 2. The number of nitrogens with one attached hydrogen (secondary N) is 1. The third-order valence-electron chi connectivity index (χ3n) is 4.39. The van der Waals surface area contributed by atoms with Crippen LogP contribution in [0.25, 0.3) is 0 Å². The first kappa shape index (κ1) is 13.8.